The van der Waals surface area contributed by atoms with Gasteiger partial charge in [0.1, 0.15) is 5.70 Å². The van der Waals surface area contributed by atoms with Crippen molar-refractivity contribution in [3.8, 4) is 0 Å². The number of amidine groups is 1. The van der Waals surface area contributed by atoms with Crippen molar-refractivity contribution >= 4 is 28.5 Å². The summed E-state index contributed by atoms with van der Waals surface area (Å²) in [4.78, 5) is 17.5. The average Bonchev–Trinajstić information content (AvgIpc) is 2.61. The molecule has 2 heterocycles. The number of hydrogen-bond donors (Lipinski definition) is 1. The second kappa shape index (κ2) is 5.79. The predicted octanol–water partition coefficient (Wildman–Crippen LogP) is 1.50. The molecule has 5 nitrogen and oxygen atoms in total. The Balaban J connectivity index is 1.97. The van der Waals surface area contributed by atoms with Gasteiger partial charge in [0, 0.05) is 5.22 Å². The van der Waals surface area contributed by atoms with Crippen LogP contribution >= 0.6 is 11.8 Å². The first-order valence-electron chi connectivity index (χ1n) is 7.64. The molecule has 0 bridgehead atoms. The highest BCUT2D eigenvalue weighted by atomic mass is 32.2. The van der Waals surface area contributed by atoms with Crippen molar-refractivity contribution < 1.29 is 4.79 Å². The molecule has 2 aromatic carbocycles. The molecular weight excluding hydrogens is 320 g/mol. The van der Waals surface area contributed by atoms with Gasteiger partial charge in [-0.05, 0) is 24.8 Å². The number of aryl methyl sites for hydroxylation is 1. The van der Waals surface area contributed by atoms with E-state index < -0.39 is 0 Å². The quantitative estimate of drug-likeness (QED) is 0.859. The second-order valence-corrected chi connectivity index (χ2v) is 6.48. The van der Waals surface area contributed by atoms with Gasteiger partial charge in [0.25, 0.3) is 5.91 Å². The number of thioether (sulfide) groups is 1. The summed E-state index contributed by atoms with van der Waals surface area (Å²) in [7, 11) is 0. The molecule has 4 rings (SSSR count). The van der Waals surface area contributed by atoms with E-state index in [0.717, 1.165) is 16.1 Å². The van der Waals surface area contributed by atoms with E-state index in [1.54, 1.807) is 5.01 Å². The molecule has 6 heteroatoms. The maximum Gasteiger partial charge on any atom is 0.276 e. The molecule has 120 valence electrons. The van der Waals surface area contributed by atoms with E-state index in [9.17, 15) is 4.79 Å². The van der Waals surface area contributed by atoms with E-state index >= 15 is 0 Å². The maximum absolute atomic E-state index is 12.7. The SMILES string of the molecule is CSC1=NN2C(=c3ccccc3=N[C@H]2c2ccc(C)cc2)C(=O)N1. The first-order chi connectivity index (χ1) is 11.7. The van der Waals surface area contributed by atoms with Crippen LogP contribution in [0.25, 0.3) is 5.70 Å². The zero-order valence-corrected chi connectivity index (χ0v) is 14.2. The number of rotatable bonds is 1. The van der Waals surface area contributed by atoms with Crippen molar-refractivity contribution in [1.82, 2.24) is 10.3 Å². The standard InChI is InChI=1S/C18H16N4OS/c1-11-7-9-12(10-8-11)16-19-14-6-4-3-5-13(14)15-17(23)20-18(24-2)21-22(15)16/h3-10,16H,1-2H3,(H,20,21,23)/t16-/m1/s1. The van der Waals surface area contributed by atoms with Crippen molar-refractivity contribution in [2.75, 3.05) is 6.26 Å². The van der Waals surface area contributed by atoms with Crippen LogP contribution in [0.5, 0.6) is 0 Å². The topological polar surface area (TPSA) is 57.1 Å². The molecule has 0 fully saturated rings. The Kier molecular flexibility index (Phi) is 3.61. The molecule has 0 aliphatic carbocycles. The van der Waals surface area contributed by atoms with Gasteiger partial charge in [-0.15, -0.1) is 5.10 Å². The van der Waals surface area contributed by atoms with Crippen LogP contribution in [0, 0.1) is 6.92 Å². The first-order valence-corrected chi connectivity index (χ1v) is 8.87. The second-order valence-electron chi connectivity index (χ2n) is 5.69. The van der Waals surface area contributed by atoms with Crippen LogP contribution in [0.4, 0.5) is 0 Å². The predicted molar refractivity (Wildman–Crippen MR) is 95.5 cm³/mol. The van der Waals surface area contributed by atoms with Gasteiger partial charge in [0.2, 0.25) is 0 Å². The molecular formula is C18H16N4OS. The zero-order valence-electron chi connectivity index (χ0n) is 13.4. The molecule has 2 aliphatic heterocycles. The molecule has 2 aliphatic rings. The number of fused-ring (bicyclic) bond motifs is 2. The van der Waals surface area contributed by atoms with Gasteiger partial charge < -0.3 is 0 Å². The van der Waals surface area contributed by atoms with Gasteiger partial charge in [-0.2, -0.15) is 0 Å². The molecule has 0 aromatic heterocycles. The first kappa shape index (κ1) is 15.0. The molecule has 24 heavy (non-hydrogen) atoms. The van der Waals surface area contributed by atoms with Gasteiger partial charge in [-0.3, -0.25) is 15.1 Å². The lowest BCUT2D eigenvalue weighted by atomic mass is 10.1. The lowest BCUT2D eigenvalue weighted by Crippen LogP contribution is -2.50. The molecule has 0 unspecified atom stereocenters. The van der Waals surface area contributed by atoms with Crippen LogP contribution < -0.4 is 15.9 Å². The molecule has 2 aromatic rings. The largest absolute Gasteiger partial charge is 0.298 e. The number of amides is 1. The minimum absolute atomic E-state index is 0.145. The monoisotopic (exact) mass is 336 g/mol. The lowest BCUT2D eigenvalue weighted by molar-refractivity contribution is -0.116. The summed E-state index contributed by atoms with van der Waals surface area (Å²) in [6.07, 6.45) is 1.55. The summed E-state index contributed by atoms with van der Waals surface area (Å²) in [6.45, 7) is 2.05. The molecule has 0 spiro atoms. The Bertz CT molecular complexity index is 965. The van der Waals surface area contributed by atoms with E-state index in [1.807, 2.05) is 61.7 Å². The van der Waals surface area contributed by atoms with E-state index in [0.29, 0.717) is 10.9 Å². The number of nitrogens with zero attached hydrogens (tertiary/aromatic N) is 3. The fraction of sp³-hybridized carbons (Fsp3) is 0.167. The third-order valence-electron chi connectivity index (χ3n) is 4.08. The fourth-order valence-electron chi connectivity index (χ4n) is 2.87. The third kappa shape index (κ3) is 2.39. The summed E-state index contributed by atoms with van der Waals surface area (Å²) in [6, 6.07) is 15.9. The van der Waals surface area contributed by atoms with Crippen molar-refractivity contribution in [1.29, 1.82) is 0 Å². The summed E-state index contributed by atoms with van der Waals surface area (Å²) in [5.41, 5.74) is 2.74. The molecule has 0 saturated carbocycles. The smallest absolute Gasteiger partial charge is 0.276 e. The number of carbonyl (C=O) groups excluding carboxylic acids is 1. The summed E-state index contributed by atoms with van der Waals surface area (Å²) < 4.78 is 0. The number of benzene rings is 2. The van der Waals surface area contributed by atoms with Crippen LogP contribution in [-0.2, 0) is 4.79 Å². The third-order valence-corrected chi connectivity index (χ3v) is 4.65. The Morgan fingerprint density at radius 2 is 1.88 bits per heavy atom. The van der Waals surface area contributed by atoms with Crippen LogP contribution in [0.15, 0.2) is 58.6 Å². The van der Waals surface area contributed by atoms with Gasteiger partial charge in [0.15, 0.2) is 11.3 Å². The minimum atomic E-state index is -0.344. The highest BCUT2D eigenvalue weighted by Gasteiger charge is 2.33. The molecule has 0 saturated heterocycles. The molecule has 1 N–H and O–H groups in total. The highest BCUT2D eigenvalue weighted by Crippen LogP contribution is 2.30. The summed E-state index contributed by atoms with van der Waals surface area (Å²) in [5.74, 6) is -0.145. The van der Waals surface area contributed by atoms with Crippen LogP contribution in [0.2, 0.25) is 0 Å². The zero-order chi connectivity index (χ0) is 16.7. The number of hydrazone groups is 1. The Morgan fingerprint density at radius 1 is 1.12 bits per heavy atom. The summed E-state index contributed by atoms with van der Waals surface area (Å²) in [5, 5.41) is 11.4. The van der Waals surface area contributed by atoms with Crippen LogP contribution in [-0.4, -0.2) is 22.3 Å². The van der Waals surface area contributed by atoms with Crippen molar-refractivity contribution in [3.05, 3.63) is 70.2 Å². The molecule has 1 atom stereocenters. The minimum Gasteiger partial charge on any atom is -0.298 e. The van der Waals surface area contributed by atoms with Crippen molar-refractivity contribution in [2.24, 2.45) is 10.1 Å². The highest BCUT2D eigenvalue weighted by molar-refractivity contribution is 8.13. The average molecular weight is 336 g/mol. The number of hydrogen-bond acceptors (Lipinski definition) is 5. The number of para-hydroxylation sites is 1. The maximum atomic E-state index is 12.7. The van der Waals surface area contributed by atoms with Gasteiger partial charge in [0.05, 0.1) is 5.36 Å². The summed E-state index contributed by atoms with van der Waals surface area (Å²) >= 11 is 1.41. The van der Waals surface area contributed by atoms with Gasteiger partial charge in [-0.25, -0.2) is 5.01 Å². The van der Waals surface area contributed by atoms with Crippen molar-refractivity contribution in [2.45, 2.75) is 13.1 Å². The lowest BCUT2D eigenvalue weighted by Gasteiger charge is -2.33. The fourth-order valence-corrected chi connectivity index (χ4v) is 3.24. The van der Waals surface area contributed by atoms with Crippen LogP contribution in [0.3, 0.4) is 0 Å². The van der Waals surface area contributed by atoms with Crippen molar-refractivity contribution in [3.63, 3.8) is 0 Å². The molecule has 0 radical (unpaired) electrons. The Labute approximate surface area is 143 Å². The Hall–Kier alpha value is -2.60. The van der Waals surface area contributed by atoms with Gasteiger partial charge in [-0.1, -0.05) is 59.8 Å². The Morgan fingerprint density at radius 3 is 2.62 bits per heavy atom. The van der Waals surface area contributed by atoms with E-state index in [1.165, 1.54) is 17.3 Å². The normalized spacial score (nSPS) is 19.0. The molecule has 1 amide bonds. The van der Waals surface area contributed by atoms with Crippen LogP contribution in [0.1, 0.15) is 17.3 Å². The number of nitrogens with one attached hydrogen (secondary N) is 1. The van der Waals surface area contributed by atoms with Gasteiger partial charge >= 0.3 is 0 Å². The van der Waals surface area contributed by atoms with E-state index in [4.69, 9.17) is 4.99 Å². The number of carbonyl (C=O) groups is 1. The van der Waals surface area contributed by atoms with E-state index in [2.05, 4.69) is 10.4 Å². The van der Waals surface area contributed by atoms with E-state index in [-0.39, 0.29) is 12.1 Å².